The van der Waals surface area contributed by atoms with E-state index in [1.54, 1.807) is 6.07 Å². The molecule has 3 aromatic rings. The van der Waals surface area contributed by atoms with Gasteiger partial charge in [0.15, 0.2) is 0 Å². The van der Waals surface area contributed by atoms with Crippen molar-refractivity contribution in [2.24, 2.45) is 0 Å². The summed E-state index contributed by atoms with van der Waals surface area (Å²) in [4.78, 5) is 52.8. The number of hydrogen-bond donors (Lipinski definition) is 2. The number of amides is 4. The zero-order valence-electron chi connectivity index (χ0n) is 23.7. The van der Waals surface area contributed by atoms with Crippen LogP contribution in [0.3, 0.4) is 0 Å². The summed E-state index contributed by atoms with van der Waals surface area (Å²) in [5.41, 5.74) is 4.32. The number of imide groups is 1. The van der Waals surface area contributed by atoms with Crippen molar-refractivity contribution in [2.45, 2.75) is 57.3 Å². The maximum atomic E-state index is 15.3. The summed E-state index contributed by atoms with van der Waals surface area (Å²) in [6.45, 7) is 2.79. The average molecular weight is 585 g/mol. The minimum absolute atomic E-state index is 0.0368. The molecule has 1 unspecified atom stereocenters. The van der Waals surface area contributed by atoms with E-state index in [4.69, 9.17) is 4.74 Å². The number of halogens is 1. The molecule has 0 spiro atoms. The zero-order valence-corrected chi connectivity index (χ0v) is 23.7. The largest absolute Gasteiger partial charge is 0.444 e. The van der Waals surface area contributed by atoms with E-state index in [1.807, 2.05) is 54.6 Å². The topological polar surface area (TPSA) is 108 Å². The Morgan fingerprint density at radius 2 is 1.70 bits per heavy atom. The number of nitrogens with one attached hydrogen (secondary N) is 2. The molecule has 0 radical (unpaired) electrons. The molecule has 43 heavy (non-hydrogen) atoms. The van der Waals surface area contributed by atoms with Crippen LogP contribution < -0.4 is 10.6 Å². The number of rotatable bonds is 7. The second-order valence-corrected chi connectivity index (χ2v) is 11.4. The van der Waals surface area contributed by atoms with E-state index in [1.165, 1.54) is 11.0 Å². The molecule has 3 aliphatic rings. The van der Waals surface area contributed by atoms with Gasteiger partial charge in [0.2, 0.25) is 11.8 Å². The van der Waals surface area contributed by atoms with Crippen LogP contribution in [0.4, 0.5) is 14.9 Å². The Morgan fingerprint density at radius 1 is 0.953 bits per heavy atom. The Bertz CT molecular complexity index is 1540. The summed E-state index contributed by atoms with van der Waals surface area (Å²) in [5.74, 6) is -1.53. The number of likely N-dealkylation sites (tertiary alicyclic amines) is 1. The summed E-state index contributed by atoms with van der Waals surface area (Å²) in [6, 6.07) is 19.5. The van der Waals surface area contributed by atoms with E-state index in [0.29, 0.717) is 16.8 Å². The first-order chi connectivity index (χ1) is 20.8. The normalized spacial score (nSPS) is 19.2. The number of nitrogens with zero attached hydrogens (tertiary/aromatic N) is 2. The summed E-state index contributed by atoms with van der Waals surface area (Å²) in [5, 5.41) is 5.05. The molecule has 10 heteroatoms. The van der Waals surface area contributed by atoms with Gasteiger partial charge in [0.05, 0.1) is 0 Å². The van der Waals surface area contributed by atoms with Gasteiger partial charge in [-0.2, -0.15) is 0 Å². The molecule has 6 rings (SSSR count). The molecular weight excluding hydrogens is 551 g/mol. The Labute approximate surface area is 249 Å². The standard InChI is InChI=1S/C33H33FN4O5/c34-28-17-27-24(19-38(32(27)41)29-10-11-30(39)36-31(29)40)16-26(28)23-12-14-37(15-13-23)18-21-6-8-25(9-7-21)35-33(42)43-20-22-4-2-1-3-5-22/h1-9,16-17,23,29H,10-15,18-20H2,(H,35,42)(H,36,39,40). The van der Waals surface area contributed by atoms with Gasteiger partial charge in [-0.1, -0.05) is 48.5 Å². The van der Waals surface area contributed by atoms with Crippen molar-refractivity contribution in [1.29, 1.82) is 0 Å². The lowest BCUT2D eigenvalue weighted by Crippen LogP contribution is -2.52. The van der Waals surface area contributed by atoms with Crippen molar-refractivity contribution in [1.82, 2.24) is 15.1 Å². The molecule has 9 nitrogen and oxygen atoms in total. The van der Waals surface area contributed by atoms with Gasteiger partial charge in [-0.25, -0.2) is 9.18 Å². The molecule has 2 N–H and O–H groups in total. The summed E-state index contributed by atoms with van der Waals surface area (Å²) < 4.78 is 20.5. The summed E-state index contributed by atoms with van der Waals surface area (Å²) in [7, 11) is 0. The van der Waals surface area contributed by atoms with Crippen molar-refractivity contribution in [3.05, 3.63) is 100 Å². The van der Waals surface area contributed by atoms with Crippen LogP contribution in [0, 0.1) is 5.82 Å². The first-order valence-corrected chi connectivity index (χ1v) is 14.6. The predicted molar refractivity (Wildman–Crippen MR) is 156 cm³/mol. The quantitative estimate of drug-likeness (QED) is 0.390. The van der Waals surface area contributed by atoms with E-state index < -0.39 is 18.0 Å². The number of carbonyl (C=O) groups excluding carboxylic acids is 4. The first-order valence-electron chi connectivity index (χ1n) is 14.6. The summed E-state index contributed by atoms with van der Waals surface area (Å²) in [6.07, 6.45) is 1.52. The number of hydrogen-bond acceptors (Lipinski definition) is 6. The molecule has 3 aliphatic heterocycles. The van der Waals surface area contributed by atoms with Gasteiger partial charge in [-0.15, -0.1) is 0 Å². The minimum atomic E-state index is -0.717. The van der Waals surface area contributed by atoms with E-state index in [-0.39, 0.29) is 49.5 Å². The Hall–Kier alpha value is -4.57. The number of benzene rings is 3. The monoisotopic (exact) mass is 584 g/mol. The fraction of sp³-hybridized carbons (Fsp3) is 0.333. The van der Waals surface area contributed by atoms with Crippen molar-refractivity contribution >= 4 is 29.5 Å². The van der Waals surface area contributed by atoms with Crippen molar-refractivity contribution < 1.29 is 28.3 Å². The number of fused-ring (bicyclic) bond motifs is 1. The van der Waals surface area contributed by atoms with Gasteiger partial charge >= 0.3 is 6.09 Å². The third kappa shape index (κ3) is 6.44. The van der Waals surface area contributed by atoms with Gasteiger partial charge < -0.3 is 9.64 Å². The Kier molecular flexibility index (Phi) is 8.20. The number of ether oxygens (including phenoxy) is 1. The van der Waals surface area contributed by atoms with Crippen molar-refractivity contribution in [2.75, 3.05) is 18.4 Å². The SMILES string of the molecule is O=C1CCC(N2Cc3cc(C4CCN(Cc5ccc(NC(=O)OCc6ccccc6)cc5)CC4)c(F)cc3C2=O)C(=O)N1. The van der Waals surface area contributed by atoms with Crippen LogP contribution in [0.2, 0.25) is 0 Å². The maximum Gasteiger partial charge on any atom is 0.411 e. The third-order valence-electron chi connectivity index (χ3n) is 8.49. The van der Waals surface area contributed by atoms with Gasteiger partial charge in [0, 0.05) is 30.8 Å². The van der Waals surface area contributed by atoms with Crippen LogP contribution >= 0.6 is 0 Å². The molecule has 0 aliphatic carbocycles. The fourth-order valence-electron chi connectivity index (χ4n) is 6.15. The number of anilines is 1. The van der Waals surface area contributed by atoms with Gasteiger partial charge in [-0.05, 0) is 78.7 Å². The predicted octanol–water partition coefficient (Wildman–Crippen LogP) is 4.72. The van der Waals surface area contributed by atoms with Crippen LogP contribution in [0.5, 0.6) is 0 Å². The number of carbonyl (C=O) groups is 4. The lowest BCUT2D eigenvalue weighted by Gasteiger charge is -2.32. The van der Waals surface area contributed by atoms with Gasteiger partial charge in [0.1, 0.15) is 18.5 Å². The van der Waals surface area contributed by atoms with E-state index in [2.05, 4.69) is 15.5 Å². The van der Waals surface area contributed by atoms with E-state index in [9.17, 15) is 19.2 Å². The smallest absolute Gasteiger partial charge is 0.411 e. The lowest BCUT2D eigenvalue weighted by molar-refractivity contribution is -0.136. The molecule has 1 atom stereocenters. The van der Waals surface area contributed by atoms with Crippen molar-refractivity contribution in [3.8, 4) is 0 Å². The lowest BCUT2D eigenvalue weighted by atomic mass is 9.87. The van der Waals surface area contributed by atoms with E-state index in [0.717, 1.165) is 49.2 Å². The molecule has 0 saturated carbocycles. The first kappa shape index (κ1) is 28.5. The second kappa shape index (κ2) is 12.3. The average Bonchev–Trinajstić information content (AvgIpc) is 3.32. The third-order valence-corrected chi connectivity index (χ3v) is 8.49. The minimum Gasteiger partial charge on any atom is -0.444 e. The van der Waals surface area contributed by atoms with Gasteiger partial charge in [-0.3, -0.25) is 29.9 Å². The number of piperidine rings is 2. The van der Waals surface area contributed by atoms with Crippen LogP contribution in [-0.2, 0) is 34.0 Å². The van der Waals surface area contributed by atoms with Crippen LogP contribution in [-0.4, -0.2) is 52.7 Å². The zero-order chi connectivity index (χ0) is 29.9. The van der Waals surface area contributed by atoms with Crippen LogP contribution in [0.1, 0.15) is 64.2 Å². The molecule has 4 amide bonds. The van der Waals surface area contributed by atoms with E-state index >= 15 is 4.39 Å². The summed E-state index contributed by atoms with van der Waals surface area (Å²) >= 11 is 0. The molecule has 0 bridgehead atoms. The highest BCUT2D eigenvalue weighted by molar-refractivity contribution is 6.05. The molecule has 222 valence electrons. The Balaban J connectivity index is 1.00. The molecule has 2 saturated heterocycles. The molecule has 3 aromatic carbocycles. The second-order valence-electron chi connectivity index (χ2n) is 11.4. The fourth-order valence-corrected chi connectivity index (χ4v) is 6.15. The van der Waals surface area contributed by atoms with Gasteiger partial charge in [0.25, 0.3) is 5.91 Å². The molecule has 2 fully saturated rings. The van der Waals surface area contributed by atoms with Crippen molar-refractivity contribution in [3.63, 3.8) is 0 Å². The highest BCUT2D eigenvalue weighted by Gasteiger charge is 2.40. The molecule has 3 heterocycles. The highest BCUT2D eigenvalue weighted by Crippen LogP contribution is 2.35. The van der Waals surface area contributed by atoms with Crippen LogP contribution in [0.25, 0.3) is 0 Å². The van der Waals surface area contributed by atoms with Crippen LogP contribution in [0.15, 0.2) is 66.7 Å². The molecule has 0 aromatic heterocycles. The highest BCUT2D eigenvalue weighted by atomic mass is 19.1. The maximum absolute atomic E-state index is 15.3. The Morgan fingerprint density at radius 3 is 2.42 bits per heavy atom. The molecular formula is C33H33FN4O5.